The smallest absolute Gasteiger partial charge is 0.235 e. The predicted octanol–water partition coefficient (Wildman–Crippen LogP) is 6.56. The number of hydrogen-bond donors (Lipinski definition) is 0. The summed E-state index contributed by atoms with van der Waals surface area (Å²) in [4.78, 5) is 0. The molecule has 0 saturated heterocycles. The summed E-state index contributed by atoms with van der Waals surface area (Å²) in [6.07, 6.45) is 17.9. The normalized spacial score (nSPS) is 17.8. The van der Waals surface area contributed by atoms with E-state index in [1.807, 2.05) is 6.07 Å². The monoisotopic (exact) mass is 428 g/mol. The van der Waals surface area contributed by atoms with Gasteiger partial charge in [0.15, 0.2) is 0 Å². The number of hydrogen-bond acceptors (Lipinski definition) is 3. The summed E-state index contributed by atoms with van der Waals surface area (Å²) in [6, 6.07) is 10.9. The highest BCUT2D eigenvalue weighted by Gasteiger charge is 2.46. The van der Waals surface area contributed by atoms with Crippen LogP contribution < -0.4 is 4.52 Å². The molecule has 0 saturated carbocycles. The molecular weight excluding hydrogens is 395 g/mol. The van der Waals surface area contributed by atoms with Gasteiger partial charge in [-0.1, -0.05) is 106 Å². The second kappa shape index (κ2) is 8.64. The summed E-state index contributed by atoms with van der Waals surface area (Å²) in [5.74, 6) is 0.956. The number of benzene rings is 1. The van der Waals surface area contributed by atoms with Crippen molar-refractivity contribution >= 4 is 24.9 Å². The zero-order valence-electron chi connectivity index (χ0n) is 17.9. The Morgan fingerprint density at radius 1 is 0.679 bits per heavy atom. The standard InChI is InChI=1S/C22H33N2OPSi2/c1-27(2,3)23(20-14-10-11-15-20)26(25-22-18-8-7-9-19-22)24(28(4,5)6)21-16-12-13-17-21/h7-21H,1-6H3. The van der Waals surface area contributed by atoms with Crippen LogP contribution in [-0.4, -0.2) is 37.2 Å². The van der Waals surface area contributed by atoms with Gasteiger partial charge in [-0.2, -0.15) is 0 Å². The highest BCUT2D eigenvalue weighted by molar-refractivity contribution is 7.53. The van der Waals surface area contributed by atoms with E-state index in [0.717, 1.165) is 5.75 Å². The lowest BCUT2D eigenvalue weighted by atomic mass is 10.3. The van der Waals surface area contributed by atoms with E-state index in [1.165, 1.54) is 0 Å². The lowest BCUT2D eigenvalue weighted by molar-refractivity contribution is 0.451. The van der Waals surface area contributed by atoms with Gasteiger partial charge in [-0.25, -0.2) is 0 Å². The van der Waals surface area contributed by atoms with E-state index in [-0.39, 0.29) is 0 Å². The molecule has 0 bridgehead atoms. The molecule has 2 aliphatic carbocycles. The fraction of sp³-hybridized carbons (Fsp3) is 0.364. The van der Waals surface area contributed by atoms with E-state index in [4.69, 9.17) is 4.52 Å². The molecule has 0 N–H and O–H groups in total. The molecule has 28 heavy (non-hydrogen) atoms. The van der Waals surface area contributed by atoms with Crippen molar-refractivity contribution in [2.75, 3.05) is 0 Å². The van der Waals surface area contributed by atoms with Crippen molar-refractivity contribution in [1.82, 2.24) is 8.67 Å². The Morgan fingerprint density at radius 2 is 1.07 bits per heavy atom. The van der Waals surface area contributed by atoms with Crippen LogP contribution in [-0.2, 0) is 0 Å². The lowest BCUT2D eigenvalue weighted by Gasteiger charge is -2.50. The molecule has 0 atom stereocenters. The van der Waals surface area contributed by atoms with Crippen LogP contribution in [0.5, 0.6) is 5.75 Å². The van der Waals surface area contributed by atoms with Gasteiger partial charge < -0.3 is 4.52 Å². The fourth-order valence-electron chi connectivity index (χ4n) is 3.57. The maximum Gasteiger partial charge on any atom is 0.235 e. The first kappa shape index (κ1) is 21.5. The summed E-state index contributed by atoms with van der Waals surface area (Å²) >= 11 is 0. The molecule has 0 heterocycles. The van der Waals surface area contributed by atoms with Crippen molar-refractivity contribution in [2.24, 2.45) is 0 Å². The van der Waals surface area contributed by atoms with Gasteiger partial charge in [0.05, 0.1) is 0 Å². The van der Waals surface area contributed by atoms with Crippen molar-refractivity contribution < 1.29 is 4.52 Å². The number of nitrogens with zero attached hydrogens (tertiary/aromatic N) is 2. The molecule has 0 aliphatic heterocycles. The first-order chi connectivity index (χ1) is 13.2. The van der Waals surface area contributed by atoms with Gasteiger partial charge in [-0.15, -0.1) is 0 Å². The molecule has 0 aromatic heterocycles. The van der Waals surface area contributed by atoms with Crippen molar-refractivity contribution in [3.63, 3.8) is 0 Å². The molecule has 0 amide bonds. The van der Waals surface area contributed by atoms with Crippen LogP contribution in [0.4, 0.5) is 0 Å². The Bertz CT molecular complexity index is 708. The summed E-state index contributed by atoms with van der Waals surface area (Å²) in [6.45, 7) is 14.6. The molecule has 3 nitrogen and oxygen atoms in total. The van der Waals surface area contributed by atoms with Gasteiger partial charge in [0.2, 0.25) is 8.45 Å². The Hall–Kier alpha value is -1.24. The van der Waals surface area contributed by atoms with E-state index in [9.17, 15) is 0 Å². The molecule has 0 unspecified atom stereocenters. The first-order valence-electron chi connectivity index (χ1n) is 9.99. The van der Waals surface area contributed by atoms with Crippen LogP contribution >= 0.6 is 8.45 Å². The molecule has 2 aliphatic rings. The number of para-hydroxylation sites is 1. The third kappa shape index (κ3) is 5.02. The van der Waals surface area contributed by atoms with Crippen LogP contribution in [0.25, 0.3) is 0 Å². The molecule has 0 spiro atoms. The van der Waals surface area contributed by atoms with Gasteiger partial charge in [-0.05, 0) is 12.1 Å². The Morgan fingerprint density at radius 3 is 1.43 bits per heavy atom. The highest BCUT2D eigenvalue weighted by Crippen LogP contribution is 2.54. The Balaban J connectivity index is 2.08. The minimum atomic E-state index is -1.69. The predicted molar refractivity (Wildman–Crippen MR) is 128 cm³/mol. The highest BCUT2D eigenvalue weighted by atomic mass is 31.2. The van der Waals surface area contributed by atoms with E-state index in [0.29, 0.717) is 12.1 Å². The largest absolute Gasteiger partial charge is 0.445 e. The third-order valence-corrected chi connectivity index (χ3v) is 14.3. The minimum absolute atomic E-state index is 0.301. The summed E-state index contributed by atoms with van der Waals surface area (Å²) in [5, 5.41) is 0. The van der Waals surface area contributed by atoms with Crippen LogP contribution in [0.2, 0.25) is 39.3 Å². The van der Waals surface area contributed by atoms with Gasteiger partial charge in [-0.3, -0.25) is 8.67 Å². The Labute approximate surface area is 174 Å². The molecular formula is C22H33N2OPSi2. The molecule has 0 radical (unpaired) electrons. The minimum Gasteiger partial charge on any atom is -0.445 e. The Kier molecular flexibility index (Phi) is 6.63. The SMILES string of the molecule is C[Si](C)(C)N(C1C=CC=C1)P(Oc1ccccc1)N(C1C=CC=C1)[Si](C)(C)C. The zero-order valence-corrected chi connectivity index (χ0v) is 20.8. The van der Waals surface area contributed by atoms with E-state index < -0.39 is 24.9 Å². The quantitative estimate of drug-likeness (QED) is 0.345. The van der Waals surface area contributed by atoms with Crippen molar-refractivity contribution in [3.05, 3.63) is 78.9 Å². The fourth-order valence-corrected chi connectivity index (χ4v) is 12.4. The second-order valence-electron chi connectivity index (χ2n) is 9.21. The van der Waals surface area contributed by atoms with Crippen LogP contribution in [0.3, 0.4) is 0 Å². The van der Waals surface area contributed by atoms with Crippen molar-refractivity contribution in [1.29, 1.82) is 0 Å². The topological polar surface area (TPSA) is 15.7 Å². The number of allylic oxidation sites excluding steroid dienone is 4. The van der Waals surface area contributed by atoms with Crippen LogP contribution in [0.15, 0.2) is 78.9 Å². The summed E-state index contributed by atoms with van der Waals surface area (Å²) < 4.78 is 12.3. The number of rotatable bonds is 8. The van der Waals surface area contributed by atoms with Crippen molar-refractivity contribution in [3.8, 4) is 5.75 Å². The molecule has 150 valence electrons. The van der Waals surface area contributed by atoms with Gasteiger partial charge in [0.25, 0.3) is 0 Å². The van der Waals surface area contributed by atoms with Crippen LogP contribution in [0.1, 0.15) is 0 Å². The van der Waals surface area contributed by atoms with E-state index >= 15 is 0 Å². The van der Waals surface area contributed by atoms with E-state index in [1.54, 1.807) is 0 Å². The third-order valence-electron chi connectivity index (χ3n) is 4.69. The molecule has 1 aromatic rings. The van der Waals surface area contributed by atoms with Gasteiger partial charge in [0, 0.05) is 12.1 Å². The maximum absolute atomic E-state index is 6.87. The van der Waals surface area contributed by atoms with Gasteiger partial charge in [0.1, 0.15) is 22.2 Å². The second-order valence-corrected chi connectivity index (χ2v) is 21.2. The zero-order chi connectivity index (χ0) is 20.4. The molecule has 6 heteroatoms. The summed E-state index contributed by atoms with van der Waals surface area (Å²) in [5.41, 5.74) is 0. The van der Waals surface area contributed by atoms with Gasteiger partial charge >= 0.3 is 0 Å². The molecule has 1 aromatic carbocycles. The average molecular weight is 429 g/mol. The first-order valence-corrected chi connectivity index (χ1v) is 18.1. The van der Waals surface area contributed by atoms with E-state index in [2.05, 4.69) is 121 Å². The molecule has 3 rings (SSSR count). The van der Waals surface area contributed by atoms with Crippen LogP contribution in [0, 0.1) is 0 Å². The maximum atomic E-state index is 6.87. The molecule has 0 fully saturated rings. The average Bonchev–Trinajstić information content (AvgIpc) is 3.27. The summed E-state index contributed by atoms with van der Waals surface area (Å²) in [7, 11) is -4.37. The van der Waals surface area contributed by atoms with Crippen molar-refractivity contribution in [2.45, 2.75) is 51.4 Å². The lowest BCUT2D eigenvalue weighted by Crippen LogP contribution is -2.56.